The maximum absolute atomic E-state index is 10.0. The van der Waals surface area contributed by atoms with Gasteiger partial charge in [-0.3, -0.25) is 9.27 Å². The fraction of sp³-hybridized carbons (Fsp3) is 0. The molecule has 9 heavy (non-hydrogen) atoms. The van der Waals surface area contributed by atoms with Crippen molar-refractivity contribution in [2.75, 3.05) is 4.72 Å². The Bertz CT molecular complexity index is 197. The van der Waals surface area contributed by atoms with E-state index in [-0.39, 0.29) is 0 Å². The van der Waals surface area contributed by atoms with Gasteiger partial charge in [-0.05, 0) is 0 Å². The van der Waals surface area contributed by atoms with Gasteiger partial charge < -0.3 is 4.98 Å². The van der Waals surface area contributed by atoms with Gasteiger partial charge in [0.2, 0.25) is 0 Å². The minimum Gasteiger partial charge on any atom is -0.331 e. The van der Waals surface area contributed by atoms with E-state index < -0.39 is 11.3 Å². The molecule has 3 N–H and O–H groups in total. The van der Waals surface area contributed by atoms with Crippen molar-refractivity contribution in [3.8, 4) is 0 Å². The highest BCUT2D eigenvalue weighted by Gasteiger charge is 1.92. The molecule has 0 aliphatic heterocycles. The Hall–Kier alpha value is -0.880. The second-order valence-electron chi connectivity index (χ2n) is 1.32. The highest BCUT2D eigenvalue weighted by Crippen LogP contribution is 1.96. The average Bonchev–Trinajstić information content (AvgIpc) is 2.15. The summed E-state index contributed by atoms with van der Waals surface area (Å²) in [6.45, 7) is 0. The number of imidazole rings is 1. The van der Waals surface area contributed by atoms with Crippen molar-refractivity contribution in [2.24, 2.45) is 0 Å². The minimum absolute atomic E-state index is 0.427. The van der Waals surface area contributed by atoms with E-state index in [0.29, 0.717) is 5.82 Å². The molecule has 0 amide bonds. The zero-order valence-electron chi connectivity index (χ0n) is 4.37. The van der Waals surface area contributed by atoms with E-state index in [9.17, 15) is 4.21 Å². The van der Waals surface area contributed by atoms with Crippen LogP contribution in [0.4, 0.5) is 5.82 Å². The maximum Gasteiger partial charge on any atom is 0.260 e. The van der Waals surface area contributed by atoms with Gasteiger partial charge in [-0.25, -0.2) is 9.19 Å². The summed E-state index contributed by atoms with van der Waals surface area (Å²) < 4.78 is 20.5. The number of anilines is 1. The Morgan fingerprint density at radius 1 is 1.89 bits per heavy atom. The van der Waals surface area contributed by atoms with Crippen molar-refractivity contribution in [3.63, 3.8) is 0 Å². The molecule has 0 spiro atoms. The van der Waals surface area contributed by atoms with Crippen LogP contribution < -0.4 is 4.72 Å². The molecule has 0 radical (unpaired) electrons. The summed E-state index contributed by atoms with van der Waals surface area (Å²) in [7, 11) is 0. The number of nitrogens with one attached hydrogen (secondary N) is 2. The second kappa shape index (κ2) is 2.60. The van der Waals surface area contributed by atoms with E-state index in [1.165, 1.54) is 12.5 Å². The van der Waals surface area contributed by atoms with Crippen LogP contribution in [0.25, 0.3) is 0 Å². The minimum atomic E-state index is -2.02. The number of aromatic amines is 1. The molecule has 0 fully saturated rings. The summed E-state index contributed by atoms with van der Waals surface area (Å²) in [6, 6.07) is 0. The van der Waals surface area contributed by atoms with Gasteiger partial charge in [0.1, 0.15) is 5.82 Å². The van der Waals surface area contributed by atoms with E-state index in [2.05, 4.69) is 14.7 Å². The summed E-state index contributed by atoms with van der Waals surface area (Å²) in [6.07, 6.45) is 2.82. The molecule has 0 aliphatic rings. The van der Waals surface area contributed by atoms with Gasteiger partial charge in [0.15, 0.2) is 0 Å². The maximum atomic E-state index is 10.0. The number of H-pyrrole nitrogens is 1. The molecular formula is C3H5N3O2S. The van der Waals surface area contributed by atoms with Crippen LogP contribution in [0, 0.1) is 0 Å². The number of nitrogens with zero attached hydrogens (tertiary/aromatic N) is 1. The summed E-state index contributed by atoms with van der Waals surface area (Å²) >= 11 is -2.02. The van der Waals surface area contributed by atoms with E-state index in [0.717, 1.165) is 0 Å². The third kappa shape index (κ3) is 1.82. The second-order valence-corrected chi connectivity index (χ2v) is 2.02. The zero-order chi connectivity index (χ0) is 6.69. The standard InChI is InChI=1S/C3H5N3O2S/c7-9(8)6-3-1-4-2-5-3/h1-2,6H,(H,4,5)(H,7,8). The molecule has 1 atom stereocenters. The molecule has 1 aromatic heterocycles. The van der Waals surface area contributed by atoms with E-state index in [4.69, 9.17) is 4.55 Å². The van der Waals surface area contributed by atoms with E-state index in [1.54, 1.807) is 0 Å². The molecule has 1 aromatic rings. The fourth-order valence-electron chi connectivity index (χ4n) is 0.406. The predicted octanol–water partition coefficient (Wildman–Crippen LogP) is -0.0417. The van der Waals surface area contributed by atoms with Gasteiger partial charge in [0.25, 0.3) is 11.3 Å². The number of hydrogen-bond donors (Lipinski definition) is 3. The number of rotatable bonds is 2. The summed E-state index contributed by atoms with van der Waals surface area (Å²) in [5.41, 5.74) is 0. The van der Waals surface area contributed by atoms with Crippen LogP contribution in [0.5, 0.6) is 0 Å². The smallest absolute Gasteiger partial charge is 0.260 e. The lowest BCUT2D eigenvalue weighted by molar-refractivity contribution is 0.570. The van der Waals surface area contributed by atoms with E-state index >= 15 is 0 Å². The van der Waals surface area contributed by atoms with Crippen LogP contribution in [-0.4, -0.2) is 18.7 Å². The Morgan fingerprint density at radius 3 is 3.11 bits per heavy atom. The van der Waals surface area contributed by atoms with Crippen molar-refractivity contribution in [1.82, 2.24) is 9.97 Å². The fourth-order valence-corrected chi connectivity index (χ4v) is 0.706. The molecule has 1 rings (SSSR count). The van der Waals surface area contributed by atoms with Gasteiger partial charge in [0.05, 0.1) is 12.5 Å². The van der Waals surface area contributed by atoms with Gasteiger partial charge in [-0.15, -0.1) is 0 Å². The Kier molecular flexibility index (Phi) is 1.81. The van der Waals surface area contributed by atoms with Gasteiger partial charge >= 0.3 is 0 Å². The molecule has 6 heteroatoms. The molecule has 1 unspecified atom stereocenters. The molecule has 0 aliphatic carbocycles. The van der Waals surface area contributed by atoms with Crippen molar-refractivity contribution < 1.29 is 8.76 Å². The lowest BCUT2D eigenvalue weighted by Crippen LogP contribution is -2.01. The molecular weight excluding hydrogens is 142 g/mol. The van der Waals surface area contributed by atoms with Crippen LogP contribution in [0.15, 0.2) is 12.5 Å². The molecule has 0 saturated heterocycles. The third-order valence-electron chi connectivity index (χ3n) is 0.695. The van der Waals surface area contributed by atoms with E-state index in [1.807, 2.05) is 0 Å². The third-order valence-corrected chi connectivity index (χ3v) is 1.09. The van der Waals surface area contributed by atoms with Gasteiger partial charge in [-0.1, -0.05) is 0 Å². The highest BCUT2D eigenvalue weighted by atomic mass is 32.2. The normalized spacial score (nSPS) is 13.0. The molecule has 5 nitrogen and oxygen atoms in total. The molecule has 50 valence electrons. The van der Waals surface area contributed by atoms with Crippen LogP contribution in [-0.2, 0) is 11.3 Å². The molecule has 0 bridgehead atoms. The Morgan fingerprint density at radius 2 is 2.67 bits per heavy atom. The van der Waals surface area contributed by atoms with Crippen LogP contribution in [0.1, 0.15) is 0 Å². The molecule has 0 aromatic carbocycles. The van der Waals surface area contributed by atoms with Gasteiger partial charge in [-0.2, -0.15) is 0 Å². The Labute approximate surface area is 53.9 Å². The van der Waals surface area contributed by atoms with Gasteiger partial charge in [0, 0.05) is 0 Å². The monoisotopic (exact) mass is 147 g/mol. The largest absolute Gasteiger partial charge is 0.331 e. The predicted molar refractivity (Wildman–Crippen MR) is 33.0 cm³/mol. The first-order chi connectivity index (χ1) is 4.29. The topological polar surface area (TPSA) is 78.0 Å². The SMILES string of the molecule is O=S(O)Nc1cnc[nH]1. The summed E-state index contributed by atoms with van der Waals surface area (Å²) in [4.78, 5) is 6.20. The molecule has 1 heterocycles. The van der Waals surface area contributed by atoms with Crippen LogP contribution >= 0.6 is 0 Å². The first-order valence-electron chi connectivity index (χ1n) is 2.15. The number of hydrogen-bond acceptors (Lipinski definition) is 2. The van der Waals surface area contributed by atoms with Crippen molar-refractivity contribution in [1.29, 1.82) is 0 Å². The zero-order valence-corrected chi connectivity index (χ0v) is 5.18. The Balaban J connectivity index is 2.58. The lowest BCUT2D eigenvalue weighted by atomic mass is 10.8. The summed E-state index contributed by atoms with van der Waals surface area (Å²) in [5.74, 6) is 0.427. The first-order valence-corrected chi connectivity index (χ1v) is 3.25. The quantitative estimate of drug-likeness (QED) is 0.513. The molecule has 0 saturated carbocycles. The van der Waals surface area contributed by atoms with Crippen molar-refractivity contribution >= 4 is 17.1 Å². The number of aromatic nitrogens is 2. The average molecular weight is 147 g/mol. The first kappa shape index (κ1) is 6.24. The lowest BCUT2D eigenvalue weighted by Gasteiger charge is -1.91. The van der Waals surface area contributed by atoms with Crippen LogP contribution in [0.3, 0.4) is 0 Å². The van der Waals surface area contributed by atoms with Crippen LogP contribution in [0.2, 0.25) is 0 Å². The highest BCUT2D eigenvalue weighted by molar-refractivity contribution is 7.80. The van der Waals surface area contributed by atoms with Crippen molar-refractivity contribution in [2.45, 2.75) is 0 Å². The van der Waals surface area contributed by atoms with Crippen molar-refractivity contribution in [3.05, 3.63) is 12.5 Å². The summed E-state index contributed by atoms with van der Waals surface area (Å²) in [5, 5.41) is 0.